The van der Waals surface area contributed by atoms with Crippen molar-refractivity contribution in [1.29, 1.82) is 0 Å². The van der Waals surface area contributed by atoms with Crippen LogP contribution in [-0.4, -0.2) is 39.0 Å². The maximum absolute atomic E-state index is 12.7. The molecule has 0 radical (unpaired) electrons. The zero-order valence-electron chi connectivity index (χ0n) is 11.0. The van der Waals surface area contributed by atoms with Crippen LogP contribution in [0.3, 0.4) is 0 Å². The second-order valence-electron chi connectivity index (χ2n) is 4.80. The van der Waals surface area contributed by atoms with E-state index < -0.39 is 20.3 Å². The van der Waals surface area contributed by atoms with Gasteiger partial charge in [-0.2, -0.15) is 5.10 Å². The van der Waals surface area contributed by atoms with Gasteiger partial charge in [-0.15, -0.1) is 0 Å². The van der Waals surface area contributed by atoms with Gasteiger partial charge in [-0.3, -0.25) is 9.82 Å². The van der Waals surface area contributed by atoms with Gasteiger partial charge in [0, 0.05) is 11.6 Å². The molecular formula is C12H10BrN5O2S2. The van der Waals surface area contributed by atoms with E-state index in [1.165, 1.54) is 11.8 Å². The molecule has 4 rings (SSSR count). The number of anilines is 1. The first-order valence-corrected chi connectivity index (χ1v) is 9.67. The molecule has 1 aromatic heterocycles. The summed E-state index contributed by atoms with van der Waals surface area (Å²) in [5.41, 5.74) is 1.26. The molecule has 0 saturated carbocycles. The molecule has 2 aliphatic rings. The van der Waals surface area contributed by atoms with Crippen LogP contribution in [0, 0.1) is 0 Å². The van der Waals surface area contributed by atoms with E-state index in [9.17, 15) is 8.42 Å². The number of hydrogen-bond donors (Lipinski definition) is 2. The lowest BCUT2D eigenvalue weighted by atomic mass is 10.2. The van der Waals surface area contributed by atoms with E-state index in [-0.39, 0.29) is 0 Å². The zero-order chi connectivity index (χ0) is 15.3. The minimum atomic E-state index is -3.65. The van der Waals surface area contributed by atoms with Crippen molar-refractivity contribution in [2.24, 2.45) is 4.99 Å². The smallest absolute Gasteiger partial charge is 0.257 e. The zero-order valence-corrected chi connectivity index (χ0v) is 14.2. The van der Waals surface area contributed by atoms with E-state index in [4.69, 9.17) is 0 Å². The molecule has 2 atom stereocenters. The number of aromatic nitrogens is 2. The highest BCUT2D eigenvalue weighted by atomic mass is 79.9. The third kappa shape index (κ3) is 2.22. The Kier molecular flexibility index (Phi) is 3.20. The predicted molar refractivity (Wildman–Crippen MR) is 91.1 cm³/mol. The van der Waals surface area contributed by atoms with Crippen molar-refractivity contribution in [3.63, 3.8) is 0 Å². The summed E-state index contributed by atoms with van der Waals surface area (Å²) in [4.78, 5) is 5.45. The van der Waals surface area contributed by atoms with E-state index >= 15 is 0 Å². The number of nitrogens with zero attached hydrogens (tertiary/aromatic N) is 3. The minimum Gasteiger partial charge on any atom is -0.305 e. The van der Waals surface area contributed by atoms with Crippen LogP contribution in [0.4, 0.5) is 5.69 Å². The summed E-state index contributed by atoms with van der Waals surface area (Å²) in [6.45, 7) is 0. The fraction of sp³-hybridized carbons (Fsp3) is 0.167. The first kappa shape index (κ1) is 14.1. The standard InChI is InChI=1S/C12H10BrN5O2S2/c13-10-11(18-3-4-21-12(18)15-10)22(19,20)17-8-2-1-7-6-14-16-9(7)5-8/h1-6,10-11,17H,(H,14,16). The first-order valence-electron chi connectivity index (χ1n) is 6.33. The summed E-state index contributed by atoms with van der Waals surface area (Å²) in [5.74, 6) is 0. The molecule has 0 aliphatic carbocycles. The molecule has 7 nitrogen and oxygen atoms in total. The molecule has 10 heteroatoms. The molecule has 0 amide bonds. The largest absolute Gasteiger partial charge is 0.305 e. The van der Waals surface area contributed by atoms with Gasteiger partial charge in [-0.25, -0.2) is 13.4 Å². The lowest BCUT2D eigenvalue weighted by molar-refractivity contribution is 0.508. The number of H-pyrrole nitrogens is 1. The Morgan fingerprint density at radius 2 is 2.27 bits per heavy atom. The normalized spacial score (nSPS) is 23.9. The van der Waals surface area contributed by atoms with E-state index in [1.807, 2.05) is 11.5 Å². The number of nitrogens with one attached hydrogen (secondary N) is 2. The van der Waals surface area contributed by atoms with Crippen LogP contribution in [0.15, 0.2) is 41.0 Å². The van der Waals surface area contributed by atoms with Crippen LogP contribution in [0.25, 0.3) is 10.9 Å². The number of thioether (sulfide) groups is 1. The third-order valence-corrected chi connectivity index (χ3v) is 6.86. The third-order valence-electron chi connectivity index (χ3n) is 3.38. The van der Waals surface area contributed by atoms with Crippen LogP contribution in [-0.2, 0) is 10.0 Å². The van der Waals surface area contributed by atoms with Crippen LogP contribution >= 0.6 is 27.7 Å². The topological polar surface area (TPSA) is 90.4 Å². The SMILES string of the molecule is O=S(=O)(Nc1ccc2cn[nH]c2c1)C1C(Br)N=C2SC=CN21. The Morgan fingerprint density at radius 3 is 3.14 bits per heavy atom. The molecule has 0 saturated heterocycles. The number of sulfonamides is 1. The Morgan fingerprint density at radius 1 is 1.41 bits per heavy atom. The molecule has 2 N–H and O–H groups in total. The number of aliphatic imine (C=N–C) groups is 1. The van der Waals surface area contributed by atoms with Crippen molar-refractivity contribution in [1.82, 2.24) is 15.1 Å². The molecule has 22 heavy (non-hydrogen) atoms. The van der Waals surface area contributed by atoms with Gasteiger partial charge < -0.3 is 4.90 Å². The second-order valence-corrected chi connectivity index (χ2v) is 8.39. The highest BCUT2D eigenvalue weighted by Crippen LogP contribution is 2.35. The Bertz CT molecular complexity index is 907. The van der Waals surface area contributed by atoms with Gasteiger partial charge in [-0.05, 0) is 23.6 Å². The lowest BCUT2D eigenvalue weighted by Crippen LogP contribution is -2.42. The van der Waals surface area contributed by atoms with Gasteiger partial charge in [0.2, 0.25) is 0 Å². The monoisotopic (exact) mass is 399 g/mol. The van der Waals surface area contributed by atoms with Gasteiger partial charge >= 0.3 is 0 Å². The highest BCUT2D eigenvalue weighted by Gasteiger charge is 2.44. The summed E-state index contributed by atoms with van der Waals surface area (Å²) in [5, 5.41) is 9.35. The molecule has 2 aromatic rings. The highest BCUT2D eigenvalue weighted by molar-refractivity contribution is 9.09. The van der Waals surface area contributed by atoms with Crippen molar-refractivity contribution < 1.29 is 8.42 Å². The fourth-order valence-electron chi connectivity index (χ4n) is 2.40. The van der Waals surface area contributed by atoms with E-state index in [1.54, 1.807) is 29.4 Å². The van der Waals surface area contributed by atoms with Gasteiger partial charge in [0.25, 0.3) is 10.0 Å². The number of aromatic amines is 1. The van der Waals surface area contributed by atoms with Gasteiger partial charge in [0.05, 0.1) is 17.4 Å². The van der Waals surface area contributed by atoms with Crippen molar-refractivity contribution in [3.05, 3.63) is 36.0 Å². The molecule has 0 bridgehead atoms. The molecule has 3 heterocycles. The van der Waals surface area contributed by atoms with E-state index in [2.05, 4.69) is 35.8 Å². The quantitative estimate of drug-likeness (QED) is 0.609. The minimum absolute atomic E-state index is 0.487. The van der Waals surface area contributed by atoms with Crippen LogP contribution in [0.5, 0.6) is 0 Å². The lowest BCUT2D eigenvalue weighted by Gasteiger charge is -2.23. The summed E-state index contributed by atoms with van der Waals surface area (Å²) in [6, 6.07) is 5.24. The van der Waals surface area contributed by atoms with Crippen molar-refractivity contribution >= 4 is 59.5 Å². The average molecular weight is 400 g/mol. The molecule has 114 valence electrons. The number of hydrogen-bond acceptors (Lipinski definition) is 6. The molecule has 1 aromatic carbocycles. The van der Waals surface area contributed by atoms with Crippen LogP contribution < -0.4 is 4.72 Å². The fourth-order valence-corrected chi connectivity index (χ4v) is 6.09. The Balaban J connectivity index is 1.65. The Hall–Kier alpha value is -1.52. The molecular weight excluding hydrogens is 390 g/mol. The maximum atomic E-state index is 12.7. The van der Waals surface area contributed by atoms with E-state index in [0.29, 0.717) is 10.9 Å². The molecule has 0 spiro atoms. The number of amidine groups is 1. The maximum Gasteiger partial charge on any atom is 0.257 e. The summed E-state index contributed by atoms with van der Waals surface area (Å²) in [6.07, 6.45) is 3.41. The van der Waals surface area contributed by atoms with Gasteiger partial charge in [0.1, 0.15) is 4.95 Å². The molecule has 2 unspecified atom stereocenters. The number of alkyl halides is 1. The second kappa shape index (κ2) is 5.00. The number of fused-ring (bicyclic) bond motifs is 2. The molecule has 2 aliphatic heterocycles. The Labute approximate surface area is 139 Å². The number of benzene rings is 1. The first-order chi connectivity index (χ1) is 10.5. The predicted octanol–water partition coefficient (Wildman–Crippen LogP) is 2.24. The summed E-state index contributed by atoms with van der Waals surface area (Å²) >= 11 is 4.74. The van der Waals surface area contributed by atoms with Crippen molar-refractivity contribution in [3.8, 4) is 0 Å². The van der Waals surface area contributed by atoms with Crippen LogP contribution in [0.2, 0.25) is 0 Å². The number of halogens is 1. The summed E-state index contributed by atoms with van der Waals surface area (Å²) in [7, 11) is -3.65. The van der Waals surface area contributed by atoms with Crippen molar-refractivity contribution in [2.45, 2.75) is 10.3 Å². The average Bonchev–Trinajstić information content (AvgIpc) is 3.11. The van der Waals surface area contributed by atoms with Crippen LogP contribution in [0.1, 0.15) is 0 Å². The van der Waals surface area contributed by atoms with E-state index in [0.717, 1.165) is 10.9 Å². The van der Waals surface area contributed by atoms with Crippen molar-refractivity contribution in [2.75, 3.05) is 4.72 Å². The summed E-state index contributed by atoms with van der Waals surface area (Å²) < 4.78 is 28.0. The molecule has 0 fully saturated rings. The number of rotatable bonds is 3. The van der Waals surface area contributed by atoms with Gasteiger partial charge in [-0.1, -0.05) is 27.7 Å². The van der Waals surface area contributed by atoms with Gasteiger partial charge in [0.15, 0.2) is 10.5 Å².